The molecule has 126 valence electrons. The molecule has 1 atom stereocenters. The number of carbonyl (C=O) groups excluding carboxylic acids is 2. The molecule has 1 saturated heterocycles. The number of nitrogens with zero attached hydrogens (tertiary/aromatic N) is 3. The SMILES string of the molecule is Cn1cncc1C(=O)N1CCCCC[C@@H]1CC(=O)c1ccccc1. The van der Waals surface area contributed by atoms with E-state index in [0.29, 0.717) is 18.7 Å². The Morgan fingerprint density at radius 1 is 1.17 bits per heavy atom. The third-order valence-electron chi connectivity index (χ3n) is 4.69. The lowest BCUT2D eigenvalue weighted by molar-refractivity contribution is 0.0650. The van der Waals surface area contributed by atoms with Gasteiger partial charge in [0, 0.05) is 31.6 Å². The number of Topliss-reactive ketones (excluding diaryl/α,β-unsaturated/α-hetero) is 1. The van der Waals surface area contributed by atoms with Crippen LogP contribution in [0.4, 0.5) is 0 Å². The lowest BCUT2D eigenvalue weighted by Gasteiger charge is -2.29. The second-order valence-corrected chi connectivity index (χ2v) is 6.38. The van der Waals surface area contributed by atoms with Gasteiger partial charge in [0.15, 0.2) is 5.78 Å². The molecule has 1 aromatic heterocycles. The molecule has 0 radical (unpaired) electrons. The average molecular weight is 325 g/mol. The molecule has 24 heavy (non-hydrogen) atoms. The van der Waals surface area contributed by atoms with Gasteiger partial charge in [-0.3, -0.25) is 9.59 Å². The molecule has 1 aromatic carbocycles. The van der Waals surface area contributed by atoms with Gasteiger partial charge in [0.25, 0.3) is 5.91 Å². The number of hydrogen-bond donors (Lipinski definition) is 0. The third kappa shape index (κ3) is 3.55. The molecular formula is C19H23N3O2. The van der Waals surface area contributed by atoms with E-state index in [-0.39, 0.29) is 17.7 Å². The minimum absolute atomic E-state index is 0.0252. The van der Waals surface area contributed by atoms with Crippen molar-refractivity contribution < 1.29 is 9.59 Å². The van der Waals surface area contributed by atoms with E-state index in [9.17, 15) is 9.59 Å². The molecule has 5 heteroatoms. The average Bonchev–Trinajstić information content (AvgIpc) is 2.89. The van der Waals surface area contributed by atoms with Crippen molar-refractivity contribution in [1.29, 1.82) is 0 Å². The smallest absolute Gasteiger partial charge is 0.272 e. The van der Waals surface area contributed by atoms with Gasteiger partial charge in [-0.25, -0.2) is 4.98 Å². The maximum Gasteiger partial charge on any atom is 0.272 e. The summed E-state index contributed by atoms with van der Waals surface area (Å²) in [4.78, 5) is 31.4. The molecule has 0 bridgehead atoms. The van der Waals surface area contributed by atoms with Crippen molar-refractivity contribution >= 4 is 11.7 Å². The minimum Gasteiger partial charge on any atom is -0.334 e. The van der Waals surface area contributed by atoms with Crippen molar-refractivity contribution in [1.82, 2.24) is 14.5 Å². The van der Waals surface area contributed by atoms with E-state index in [1.54, 1.807) is 17.1 Å². The van der Waals surface area contributed by atoms with Crippen molar-refractivity contribution in [3.8, 4) is 0 Å². The summed E-state index contributed by atoms with van der Waals surface area (Å²) in [5.74, 6) is 0.0769. The van der Waals surface area contributed by atoms with Gasteiger partial charge < -0.3 is 9.47 Å². The fourth-order valence-electron chi connectivity index (χ4n) is 3.32. The zero-order valence-corrected chi connectivity index (χ0v) is 14.0. The number of ketones is 1. The number of rotatable bonds is 4. The van der Waals surface area contributed by atoms with Crippen molar-refractivity contribution in [3.63, 3.8) is 0 Å². The van der Waals surface area contributed by atoms with Gasteiger partial charge >= 0.3 is 0 Å². The van der Waals surface area contributed by atoms with Crippen LogP contribution in [0.15, 0.2) is 42.9 Å². The number of aryl methyl sites for hydroxylation is 1. The summed E-state index contributed by atoms with van der Waals surface area (Å²) in [7, 11) is 1.82. The highest BCUT2D eigenvalue weighted by molar-refractivity contribution is 5.97. The summed E-state index contributed by atoms with van der Waals surface area (Å²) in [6, 6.07) is 9.29. The molecule has 0 aliphatic carbocycles. The molecule has 1 aliphatic rings. The standard InChI is InChI=1S/C19H23N3O2/c1-21-14-20-13-17(21)19(24)22-11-7-3-6-10-16(22)12-18(23)15-8-4-2-5-9-15/h2,4-5,8-9,13-14,16H,3,6-7,10-12H2,1H3/t16-/m1/s1. The topological polar surface area (TPSA) is 55.2 Å². The Balaban J connectivity index is 1.79. The number of benzene rings is 1. The van der Waals surface area contributed by atoms with Gasteiger partial charge in [-0.05, 0) is 12.8 Å². The molecule has 1 amide bonds. The van der Waals surface area contributed by atoms with E-state index in [1.807, 2.05) is 42.3 Å². The highest BCUT2D eigenvalue weighted by Crippen LogP contribution is 2.23. The van der Waals surface area contributed by atoms with Crippen molar-refractivity contribution in [2.24, 2.45) is 7.05 Å². The molecule has 0 unspecified atom stereocenters. The zero-order valence-electron chi connectivity index (χ0n) is 14.0. The van der Waals surface area contributed by atoms with Crippen LogP contribution in [0, 0.1) is 0 Å². The van der Waals surface area contributed by atoms with E-state index >= 15 is 0 Å². The Morgan fingerprint density at radius 3 is 2.67 bits per heavy atom. The number of aromatic nitrogens is 2. The van der Waals surface area contributed by atoms with E-state index in [4.69, 9.17) is 0 Å². The summed E-state index contributed by atoms with van der Waals surface area (Å²) >= 11 is 0. The normalized spacial score (nSPS) is 18.2. The van der Waals surface area contributed by atoms with Crippen LogP contribution in [0.25, 0.3) is 0 Å². The van der Waals surface area contributed by atoms with Crippen LogP contribution in [-0.2, 0) is 7.05 Å². The zero-order chi connectivity index (χ0) is 16.9. The molecule has 0 N–H and O–H groups in total. The predicted octanol–water partition coefficient (Wildman–Crippen LogP) is 3.08. The second-order valence-electron chi connectivity index (χ2n) is 6.38. The second kappa shape index (κ2) is 7.43. The van der Waals surface area contributed by atoms with Crippen LogP contribution in [0.3, 0.4) is 0 Å². The highest BCUT2D eigenvalue weighted by atomic mass is 16.2. The van der Waals surface area contributed by atoms with Crippen LogP contribution in [0.2, 0.25) is 0 Å². The van der Waals surface area contributed by atoms with Crippen LogP contribution in [-0.4, -0.2) is 38.7 Å². The Hall–Kier alpha value is -2.43. The fraction of sp³-hybridized carbons (Fsp3) is 0.421. The summed E-state index contributed by atoms with van der Waals surface area (Å²) in [5, 5.41) is 0. The Bertz CT molecular complexity index is 708. The van der Waals surface area contributed by atoms with Crippen LogP contribution >= 0.6 is 0 Å². The lowest BCUT2D eigenvalue weighted by Crippen LogP contribution is -2.41. The molecule has 0 saturated carbocycles. The number of carbonyl (C=O) groups is 2. The van der Waals surface area contributed by atoms with Gasteiger partial charge in [-0.2, -0.15) is 0 Å². The third-order valence-corrected chi connectivity index (χ3v) is 4.69. The van der Waals surface area contributed by atoms with Crippen molar-refractivity contribution in [2.75, 3.05) is 6.54 Å². The first-order valence-corrected chi connectivity index (χ1v) is 8.52. The number of likely N-dealkylation sites (tertiary alicyclic amines) is 1. The Kier molecular flexibility index (Phi) is 5.08. The number of amides is 1. The molecular weight excluding hydrogens is 302 g/mol. The largest absolute Gasteiger partial charge is 0.334 e. The summed E-state index contributed by atoms with van der Waals surface area (Å²) in [6.45, 7) is 0.705. The van der Waals surface area contributed by atoms with Crippen LogP contribution < -0.4 is 0 Å². The molecule has 2 aromatic rings. The number of imidazole rings is 1. The molecule has 3 rings (SSSR count). The summed E-state index contributed by atoms with van der Waals surface area (Å²) in [6.07, 6.45) is 7.64. The van der Waals surface area contributed by atoms with E-state index in [1.165, 1.54) is 0 Å². The molecule has 0 spiro atoms. The van der Waals surface area contributed by atoms with E-state index < -0.39 is 0 Å². The molecule has 5 nitrogen and oxygen atoms in total. The Morgan fingerprint density at radius 2 is 1.96 bits per heavy atom. The predicted molar refractivity (Wildman–Crippen MR) is 91.9 cm³/mol. The Labute approximate surface area is 142 Å². The van der Waals surface area contributed by atoms with Crippen LogP contribution in [0.1, 0.15) is 53.0 Å². The van der Waals surface area contributed by atoms with Crippen molar-refractivity contribution in [2.45, 2.75) is 38.1 Å². The van der Waals surface area contributed by atoms with Gasteiger partial charge in [0.2, 0.25) is 0 Å². The van der Waals surface area contributed by atoms with E-state index in [2.05, 4.69) is 4.98 Å². The molecule has 1 fully saturated rings. The molecule has 2 heterocycles. The first-order valence-electron chi connectivity index (χ1n) is 8.52. The maximum absolute atomic E-state index is 12.9. The summed E-state index contributed by atoms with van der Waals surface area (Å²) < 4.78 is 1.74. The number of hydrogen-bond acceptors (Lipinski definition) is 3. The molecule has 1 aliphatic heterocycles. The van der Waals surface area contributed by atoms with E-state index in [0.717, 1.165) is 31.2 Å². The van der Waals surface area contributed by atoms with Gasteiger partial charge in [0.1, 0.15) is 5.69 Å². The van der Waals surface area contributed by atoms with Gasteiger partial charge in [-0.1, -0.05) is 43.2 Å². The fourth-order valence-corrected chi connectivity index (χ4v) is 3.32. The van der Waals surface area contributed by atoms with Gasteiger partial charge in [-0.15, -0.1) is 0 Å². The lowest BCUT2D eigenvalue weighted by atomic mass is 9.99. The highest BCUT2D eigenvalue weighted by Gasteiger charge is 2.29. The first-order chi connectivity index (χ1) is 11.7. The van der Waals surface area contributed by atoms with Crippen molar-refractivity contribution in [3.05, 3.63) is 54.1 Å². The minimum atomic E-state index is -0.0393. The van der Waals surface area contributed by atoms with Gasteiger partial charge in [0.05, 0.1) is 12.5 Å². The monoisotopic (exact) mass is 325 g/mol. The maximum atomic E-state index is 12.9. The quantitative estimate of drug-likeness (QED) is 0.812. The summed E-state index contributed by atoms with van der Waals surface area (Å²) in [5.41, 5.74) is 1.30. The first kappa shape index (κ1) is 16.4. The van der Waals surface area contributed by atoms with Crippen LogP contribution in [0.5, 0.6) is 0 Å².